The number of fused-ring (bicyclic) bond motifs is 1. The smallest absolute Gasteiger partial charge is 0.292 e. The molecule has 2 atom stereocenters. The molecule has 2 saturated heterocycles. The number of nitrogens with zero attached hydrogens (tertiary/aromatic N) is 2. The molecule has 7 heteroatoms. The summed E-state index contributed by atoms with van der Waals surface area (Å²) in [6.45, 7) is 2.09. The number of nitro groups is 1. The maximum absolute atomic E-state index is 12.4. The molecule has 2 unspecified atom stereocenters. The van der Waals surface area contributed by atoms with Crippen molar-refractivity contribution in [2.75, 3.05) is 18.8 Å². The summed E-state index contributed by atoms with van der Waals surface area (Å²) in [6, 6.07) is 4.83. The first kappa shape index (κ1) is 13.8. The fourth-order valence-corrected chi connectivity index (χ4v) is 3.41. The Bertz CT molecular complexity index is 590. The van der Waals surface area contributed by atoms with E-state index in [-0.39, 0.29) is 28.9 Å². The number of amides is 1. The van der Waals surface area contributed by atoms with Crippen LogP contribution in [0, 0.1) is 10.1 Å². The lowest BCUT2D eigenvalue weighted by atomic mass is 10.1. The summed E-state index contributed by atoms with van der Waals surface area (Å²) in [5, 5.41) is 13.9. The molecule has 1 amide bonds. The predicted molar refractivity (Wildman–Crippen MR) is 78.0 cm³/mol. The molecule has 0 spiro atoms. The summed E-state index contributed by atoms with van der Waals surface area (Å²) in [6.07, 6.45) is 3.18. The molecule has 0 saturated carbocycles. The summed E-state index contributed by atoms with van der Waals surface area (Å²) in [5.41, 5.74) is 5.64. The van der Waals surface area contributed by atoms with Crippen molar-refractivity contribution in [2.45, 2.75) is 31.3 Å². The highest BCUT2D eigenvalue weighted by atomic mass is 16.6. The van der Waals surface area contributed by atoms with Crippen molar-refractivity contribution in [3.8, 4) is 0 Å². The molecule has 3 N–H and O–H groups in total. The second-order valence-electron chi connectivity index (χ2n) is 5.61. The van der Waals surface area contributed by atoms with Gasteiger partial charge in [0.25, 0.3) is 11.6 Å². The van der Waals surface area contributed by atoms with Gasteiger partial charge in [-0.3, -0.25) is 19.8 Å². The highest BCUT2D eigenvalue weighted by Crippen LogP contribution is 2.29. The van der Waals surface area contributed by atoms with Crippen LogP contribution in [0.15, 0.2) is 18.2 Å². The number of nitrogens with two attached hydrogens (primary N) is 1. The monoisotopic (exact) mass is 290 g/mol. The zero-order valence-electron chi connectivity index (χ0n) is 11.6. The first-order valence-electron chi connectivity index (χ1n) is 7.15. The standard InChI is InChI=1S/C14H18N4O3/c15-13-9(3-1-4-12(13)18(20)21)14(19)16-10-6-8-17-7-2-5-11(10)17/h1,3-4,10-11H,2,5-8,15H2,(H,16,19). The van der Waals surface area contributed by atoms with Crippen LogP contribution in [0.1, 0.15) is 29.6 Å². The molecular formula is C14H18N4O3. The van der Waals surface area contributed by atoms with E-state index in [1.165, 1.54) is 18.2 Å². The van der Waals surface area contributed by atoms with E-state index >= 15 is 0 Å². The SMILES string of the molecule is Nc1c(C(=O)NC2CCN3CCCC23)cccc1[N+](=O)[O-]. The van der Waals surface area contributed by atoms with Crippen molar-refractivity contribution in [1.29, 1.82) is 0 Å². The van der Waals surface area contributed by atoms with Crippen molar-refractivity contribution in [2.24, 2.45) is 0 Å². The van der Waals surface area contributed by atoms with Gasteiger partial charge in [-0.15, -0.1) is 0 Å². The lowest BCUT2D eigenvalue weighted by Crippen LogP contribution is -2.42. The number of para-hydroxylation sites is 1. The molecule has 1 aromatic rings. The number of nitro benzene ring substituents is 1. The zero-order valence-corrected chi connectivity index (χ0v) is 11.6. The fraction of sp³-hybridized carbons (Fsp3) is 0.500. The van der Waals surface area contributed by atoms with Gasteiger partial charge in [-0.05, 0) is 31.9 Å². The minimum Gasteiger partial charge on any atom is -0.393 e. The van der Waals surface area contributed by atoms with Crippen molar-refractivity contribution in [3.63, 3.8) is 0 Å². The van der Waals surface area contributed by atoms with Crippen LogP contribution in [0.5, 0.6) is 0 Å². The number of hydrogen-bond acceptors (Lipinski definition) is 5. The van der Waals surface area contributed by atoms with Gasteiger partial charge >= 0.3 is 0 Å². The molecule has 112 valence electrons. The normalized spacial score (nSPS) is 24.8. The third-order valence-corrected chi connectivity index (χ3v) is 4.45. The Morgan fingerprint density at radius 3 is 2.95 bits per heavy atom. The van der Waals surface area contributed by atoms with Crippen LogP contribution in [0.3, 0.4) is 0 Å². The zero-order chi connectivity index (χ0) is 15.0. The maximum atomic E-state index is 12.4. The van der Waals surface area contributed by atoms with Crippen molar-refractivity contribution in [3.05, 3.63) is 33.9 Å². The van der Waals surface area contributed by atoms with Crippen molar-refractivity contribution in [1.82, 2.24) is 10.2 Å². The maximum Gasteiger partial charge on any atom is 0.292 e. The molecule has 1 aromatic carbocycles. The fourth-order valence-electron chi connectivity index (χ4n) is 3.41. The lowest BCUT2D eigenvalue weighted by Gasteiger charge is -2.21. The van der Waals surface area contributed by atoms with Gasteiger partial charge in [0, 0.05) is 24.7 Å². The Hall–Kier alpha value is -2.15. The van der Waals surface area contributed by atoms with E-state index in [4.69, 9.17) is 5.73 Å². The van der Waals surface area contributed by atoms with Gasteiger partial charge in [0.05, 0.1) is 10.5 Å². The molecular weight excluding hydrogens is 272 g/mol. The predicted octanol–water partition coefficient (Wildman–Crippen LogP) is 1.14. The van der Waals surface area contributed by atoms with E-state index in [1.54, 1.807) is 0 Å². The quantitative estimate of drug-likeness (QED) is 0.494. The van der Waals surface area contributed by atoms with E-state index < -0.39 is 4.92 Å². The Labute approximate surface area is 122 Å². The van der Waals surface area contributed by atoms with Gasteiger partial charge in [0.15, 0.2) is 0 Å². The van der Waals surface area contributed by atoms with Crippen LogP contribution < -0.4 is 11.1 Å². The van der Waals surface area contributed by atoms with Crippen LogP contribution in [0.25, 0.3) is 0 Å². The molecule has 0 aromatic heterocycles. The summed E-state index contributed by atoms with van der Waals surface area (Å²) in [4.78, 5) is 25.1. The first-order valence-corrected chi connectivity index (χ1v) is 7.15. The molecule has 0 aliphatic carbocycles. The molecule has 2 fully saturated rings. The lowest BCUT2D eigenvalue weighted by molar-refractivity contribution is -0.383. The van der Waals surface area contributed by atoms with E-state index in [0.717, 1.165) is 32.4 Å². The molecule has 3 rings (SSSR count). The number of hydrogen-bond donors (Lipinski definition) is 2. The number of anilines is 1. The van der Waals surface area contributed by atoms with Crippen LogP contribution in [0.4, 0.5) is 11.4 Å². The van der Waals surface area contributed by atoms with Crippen molar-refractivity contribution >= 4 is 17.3 Å². The van der Waals surface area contributed by atoms with E-state index in [2.05, 4.69) is 10.2 Å². The van der Waals surface area contributed by atoms with Crippen LogP contribution in [-0.4, -0.2) is 40.9 Å². The van der Waals surface area contributed by atoms with E-state index in [0.29, 0.717) is 6.04 Å². The average molecular weight is 290 g/mol. The number of rotatable bonds is 3. The summed E-state index contributed by atoms with van der Waals surface area (Å²) in [5.74, 6) is -0.324. The molecule has 2 aliphatic rings. The first-order chi connectivity index (χ1) is 10.1. The van der Waals surface area contributed by atoms with Gasteiger partial charge in [-0.2, -0.15) is 0 Å². The second-order valence-corrected chi connectivity index (χ2v) is 5.61. The summed E-state index contributed by atoms with van der Waals surface area (Å²) >= 11 is 0. The molecule has 0 radical (unpaired) electrons. The van der Waals surface area contributed by atoms with Crippen LogP contribution >= 0.6 is 0 Å². The third-order valence-electron chi connectivity index (χ3n) is 4.45. The minimum absolute atomic E-state index is 0.0683. The summed E-state index contributed by atoms with van der Waals surface area (Å²) < 4.78 is 0. The van der Waals surface area contributed by atoms with Gasteiger partial charge in [0.1, 0.15) is 5.69 Å². The van der Waals surface area contributed by atoms with Crippen LogP contribution in [-0.2, 0) is 0 Å². The van der Waals surface area contributed by atoms with Gasteiger partial charge in [0.2, 0.25) is 0 Å². The largest absolute Gasteiger partial charge is 0.393 e. The summed E-state index contributed by atoms with van der Waals surface area (Å²) in [7, 11) is 0. The Morgan fingerprint density at radius 2 is 2.19 bits per heavy atom. The van der Waals surface area contributed by atoms with Gasteiger partial charge in [-0.1, -0.05) is 6.07 Å². The number of benzene rings is 1. The minimum atomic E-state index is -0.569. The van der Waals surface area contributed by atoms with Crippen LogP contribution in [0.2, 0.25) is 0 Å². The van der Waals surface area contributed by atoms with Gasteiger partial charge < -0.3 is 11.1 Å². The highest BCUT2D eigenvalue weighted by molar-refractivity contribution is 6.01. The molecule has 7 nitrogen and oxygen atoms in total. The molecule has 0 bridgehead atoms. The van der Waals surface area contributed by atoms with E-state index in [9.17, 15) is 14.9 Å². The number of carbonyl (C=O) groups excluding carboxylic acids is 1. The second kappa shape index (κ2) is 5.33. The highest BCUT2D eigenvalue weighted by Gasteiger charge is 2.38. The average Bonchev–Trinajstić information content (AvgIpc) is 3.03. The topological polar surface area (TPSA) is 102 Å². The Balaban J connectivity index is 1.77. The Morgan fingerprint density at radius 1 is 1.38 bits per heavy atom. The molecule has 2 aliphatic heterocycles. The molecule has 2 heterocycles. The van der Waals surface area contributed by atoms with Gasteiger partial charge in [-0.25, -0.2) is 0 Å². The third kappa shape index (κ3) is 2.44. The number of carbonyl (C=O) groups is 1. The van der Waals surface area contributed by atoms with E-state index in [1.807, 2.05) is 0 Å². The Kier molecular flexibility index (Phi) is 3.50. The number of nitrogen functional groups attached to an aromatic ring is 1. The van der Waals surface area contributed by atoms with Crippen molar-refractivity contribution < 1.29 is 9.72 Å². The molecule has 21 heavy (non-hydrogen) atoms. The number of nitrogens with one attached hydrogen (secondary N) is 1.